The second-order valence-corrected chi connectivity index (χ2v) is 6.88. The molecule has 126 valence electrons. The number of carbonyl (C=O) groups is 1. The lowest BCUT2D eigenvalue weighted by molar-refractivity contribution is 0.101. The van der Waals surface area contributed by atoms with Gasteiger partial charge in [0.2, 0.25) is 0 Å². The van der Waals surface area contributed by atoms with Gasteiger partial charge in [0.25, 0.3) is 0 Å². The molecule has 0 bridgehead atoms. The molecule has 3 nitrogen and oxygen atoms in total. The summed E-state index contributed by atoms with van der Waals surface area (Å²) >= 11 is 0. The Morgan fingerprint density at radius 1 is 1.09 bits per heavy atom. The van der Waals surface area contributed by atoms with Crippen molar-refractivity contribution in [3.8, 4) is 0 Å². The van der Waals surface area contributed by atoms with Crippen molar-refractivity contribution < 1.29 is 9.18 Å². The lowest BCUT2D eigenvalue weighted by Crippen LogP contribution is -2.48. The Morgan fingerprint density at radius 2 is 1.83 bits per heavy atom. The van der Waals surface area contributed by atoms with Crippen LogP contribution in [0.1, 0.15) is 55.8 Å². The zero-order valence-corrected chi connectivity index (χ0v) is 14.1. The van der Waals surface area contributed by atoms with Crippen LogP contribution in [0.25, 0.3) is 0 Å². The predicted molar refractivity (Wildman–Crippen MR) is 91.7 cm³/mol. The maximum atomic E-state index is 14.1. The van der Waals surface area contributed by atoms with Gasteiger partial charge in [-0.3, -0.25) is 9.69 Å². The minimum absolute atomic E-state index is 0.185. The Balaban J connectivity index is 1.78. The van der Waals surface area contributed by atoms with Crippen molar-refractivity contribution in [1.29, 1.82) is 0 Å². The number of anilines is 1. The molecule has 0 radical (unpaired) electrons. The van der Waals surface area contributed by atoms with Crippen LogP contribution < -0.4 is 4.90 Å². The van der Waals surface area contributed by atoms with Crippen LogP contribution in [0, 0.1) is 5.82 Å². The fourth-order valence-corrected chi connectivity index (χ4v) is 4.06. The fourth-order valence-electron chi connectivity index (χ4n) is 4.06. The molecule has 1 atom stereocenters. The summed E-state index contributed by atoms with van der Waals surface area (Å²) in [6, 6.07) is 5.53. The number of benzene rings is 1. The maximum Gasteiger partial charge on any atom is 0.164 e. The average molecular weight is 318 g/mol. The molecule has 1 unspecified atom stereocenters. The number of rotatable bonds is 3. The van der Waals surface area contributed by atoms with Crippen molar-refractivity contribution in [2.24, 2.45) is 0 Å². The molecule has 0 N–H and O–H groups in total. The highest BCUT2D eigenvalue weighted by molar-refractivity contribution is 6.00. The lowest BCUT2D eigenvalue weighted by Gasteiger charge is -2.40. The Hall–Kier alpha value is -1.42. The van der Waals surface area contributed by atoms with Crippen LogP contribution in [0.3, 0.4) is 0 Å². The summed E-state index contributed by atoms with van der Waals surface area (Å²) in [5.41, 5.74) is 1.03. The molecule has 1 aromatic carbocycles. The zero-order chi connectivity index (χ0) is 16.2. The van der Waals surface area contributed by atoms with Crippen molar-refractivity contribution in [3.05, 3.63) is 29.6 Å². The number of halogens is 1. The first-order valence-electron chi connectivity index (χ1n) is 8.95. The molecule has 0 spiro atoms. The van der Waals surface area contributed by atoms with E-state index in [0.29, 0.717) is 6.04 Å². The van der Waals surface area contributed by atoms with Crippen LogP contribution in [0.4, 0.5) is 10.1 Å². The van der Waals surface area contributed by atoms with Crippen molar-refractivity contribution in [2.45, 2.75) is 51.5 Å². The topological polar surface area (TPSA) is 23.6 Å². The SMILES string of the molecule is CC(=O)c1c(F)cccc1N1CCCC(N2CCCCCC2)C1. The third kappa shape index (κ3) is 3.74. The number of hydrogen-bond acceptors (Lipinski definition) is 3. The average Bonchev–Trinajstić information content (AvgIpc) is 2.83. The van der Waals surface area contributed by atoms with Crippen molar-refractivity contribution in [3.63, 3.8) is 0 Å². The van der Waals surface area contributed by atoms with Gasteiger partial charge in [-0.25, -0.2) is 4.39 Å². The number of likely N-dealkylation sites (tertiary alicyclic amines) is 1. The molecule has 2 heterocycles. The van der Waals surface area contributed by atoms with E-state index in [1.807, 2.05) is 6.07 Å². The largest absolute Gasteiger partial charge is 0.369 e. The first kappa shape index (κ1) is 16.4. The van der Waals surface area contributed by atoms with E-state index in [-0.39, 0.29) is 11.3 Å². The van der Waals surface area contributed by atoms with Crippen LogP contribution in [0.5, 0.6) is 0 Å². The van der Waals surface area contributed by atoms with Crippen LogP contribution in [-0.2, 0) is 0 Å². The van der Waals surface area contributed by atoms with Gasteiger partial charge in [-0.2, -0.15) is 0 Å². The number of hydrogen-bond donors (Lipinski definition) is 0. The van der Waals surface area contributed by atoms with Crippen LogP contribution in [0.15, 0.2) is 18.2 Å². The van der Waals surface area contributed by atoms with Gasteiger partial charge in [-0.1, -0.05) is 18.9 Å². The van der Waals surface area contributed by atoms with Crippen LogP contribution >= 0.6 is 0 Å². The molecule has 0 aliphatic carbocycles. The fraction of sp³-hybridized carbons (Fsp3) is 0.632. The molecule has 2 fully saturated rings. The van der Waals surface area contributed by atoms with Gasteiger partial charge >= 0.3 is 0 Å². The first-order valence-corrected chi connectivity index (χ1v) is 8.95. The molecule has 3 rings (SSSR count). The molecular formula is C19H27FN2O. The molecule has 2 aliphatic rings. The molecular weight excluding hydrogens is 291 g/mol. The highest BCUT2D eigenvalue weighted by Crippen LogP contribution is 2.28. The number of nitrogens with zero attached hydrogens (tertiary/aromatic N) is 2. The summed E-state index contributed by atoms with van der Waals surface area (Å²) in [5.74, 6) is -0.582. The van der Waals surface area contributed by atoms with E-state index < -0.39 is 5.82 Å². The van der Waals surface area contributed by atoms with Crippen LogP contribution in [-0.4, -0.2) is 42.9 Å². The standard InChI is InChI=1S/C19H27FN2O/c1-15(23)19-17(20)9-6-10-18(19)22-13-7-8-16(14-22)21-11-4-2-3-5-12-21/h6,9-10,16H,2-5,7-8,11-14H2,1H3. The van der Waals surface area contributed by atoms with Crippen LogP contribution in [0.2, 0.25) is 0 Å². The monoisotopic (exact) mass is 318 g/mol. The van der Waals surface area contributed by atoms with Crippen molar-refractivity contribution >= 4 is 11.5 Å². The molecule has 4 heteroatoms. The minimum Gasteiger partial charge on any atom is -0.369 e. The van der Waals surface area contributed by atoms with Gasteiger partial charge in [0, 0.05) is 19.1 Å². The zero-order valence-electron chi connectivity index (χ0n) is 14.1. The summed E-state index contributed by atoms with van der Waals surface area (Å²) in [5, 5.41) is 0. The lowest BCUT2D eigenvalue weighted by atomic mass is 10.0. The number of carbonyl (C=O) groups excluding carboxylic acids is 1. The van der Waals surface area contributed by atoms with E-state index in [0.717, 1.165) is 25.2 Å². The second kappa shape index (κ2) is 7.43. The van der Waals surface area contributed by atoms with E-state index in [1.54, 1.807) is 6.07 Å². The third-order valence-corrected chi connectivity index (χ3v) is 5.24. The van der Waals surface area contributed by atoms with Gasteiger partial charge in [0.15, 0.2) is 5.78 Å². The molecule has 0 amide bonds. The van der Waals surface area contributed by atoms with Gasteiger partial charge in [0.1, 0.15) is 5.82 Å². The molecule has 0 saturated carbocycles. The van der Waals surface area contributed by atoms with E-state index in [2.05, 4.69) is 9.80 Å². The molecule has 0 aromatic heterocycles. The van der Waals surface area contributed by atoms with Crippen molar-refractivity contribution in [1.82, 2.24) is 4.90 Å². The number of piperidine rings is 1. The van der Waals surface area contributed by atoms with E-state index in [1.165, 1.54) is 58.2 Å². The molecule has 23 heavy (non-hydrogen) atoms. The summed E-state index contributed by atoms with van der Waals surface area (Å²) in [6.07, 6.45) is 7.57. The molecule has 2 saturated heterocycles. The maximum absolute atomic E-state index is 14.1. The number of Topliss-reactive ketones (excluding diaryl/α,β-unsaturated/α-hetero) is 1. The Bertz CT molecular complexity index is 552. The predicted octanol–water partition coefficient (Wildman–Crippen LogP) is 3.87. The summed E-state index contributed by atoms with van der Waals surface area (Å²) < 4.78 is 14.1. The third-order valence-electron chi connectivity index (χ3n) is 5.24. The quantitative estimate of drug-likeness (QED) is 0.790. The van der Waals surface area contributed by atoms with Gasteiger partial charge in [-0.15, -0.1) is 0 Å². The Labute approximate surface area is 138 Å². The van der Waals surface area contributed by atoms with Gasteiger partial charge in [0.05, 0.1) is 11.3 Å². The first-order chi connectivity index (χ1) is 11.2. The summed E-state index contributed by atoms with van der Waals surface area (Å²) in [7, 11) is 0. The smallest absolute Gasteiger partial charge is 0.164 e. The molecule has 2 aliphatic heterocycles. The number of ketones is 1. The Morgan fingerprint density at radius 3 is 2.52 bits per heavy atom. The highest BCUT2D eigenvalue weighted by Gasteiger charge is 2.28. The normalized spacial score (nSPS) is 23.6. The van der Waals surface area contributed by atoms with E-state index in [9.17, 15) is 9.18 Å². The molecule has 1 aromatic rings. The van der Waals surface area contributed by atoms with E-state index >= 15 is 0 Å². The van der Waals surface area contributed by atoms with Gasteiger partial charge < -0.3 is 4.90 Å². The highest BCUT2D eigenvalue weighted by atomic mass is 19.1. The summed E-state index contributed by atoms with van der Waals surface area (Å²) in [4.78, 5) is 16.7. The van der Waals surface area contributed by atoms with E-state index in [4.69, 9.17) is 0 Å². The van der Waals surface area contributed by atoms with Gasteiger partial charge in [-0.05, 0) is 57.8 Å². The Kier molecular flexibility index (Phi) is 5.31. The van der Waals surface area contributed by atoms with Crippen molar-refractivity contribution in [2.75, 3.05) is 31.1 Å². The summed E-state index contributed by atoms with van der Waals surface area (Å²) in [6.45, 7) is 5.64. The minimum atomic E-state index is -0.396. The second-order valence-electron chi connectivity index (χ2n) is 6.88.